The molecule has 0 saturated carbocycles. The number of imidazole rings is 1. The first-order chi connectivity index (χ1) is 12.5. The number of nitrogens with zero attached hydrogens (tertiary/aromatic N) is 3. The van der Waals surface area contributed by atoms with E-state index in [0.717, 1.165) is 14.7 Å². The third kappa shape index (κ3) is 3.77. The molecule has 2 aromatic rings. The molecule has 1 aliphatic heterocycles. The molecule has 0 radical (unpaired) electrons. The minimum absolute atomic E-state index is 0.140. The van der Waals surface area contributed by atoms with Crippen LogP contribution in [0.4, 0.5) is 14.5 Å². The van der Waals surface area contributed by atoms with Crippen LogP contribution in [0.5, 0.6) is 0 Å². The maximum Gasteiger partial charge on any atom is 0.319 e. The second-order valence-electron chi connectivity index (χ2n) is 5.85. The normalized spacial score (nSPS) is 17.2. The van der Waals surface area contributed by atoms with Crippen LogP contribution in [0, 0.1) is 5.92 Å². The maximum absolute atomic E-state index is 12.8. The molecule has 6 nitrogen and oxygen atoms in total. The molecule has 1 aliphatic rings. The maximum atomic E-state index is 12.8. The lowest BCUT2D eigenvalue weighted by atomic mass is 10.1. The SMILES string of the molecule is O=C(NCCc1nccn1C(F)F)C1CCN(c2ccccc2Br)C1=O. The van der Waals surface area contributed by atoms with Gasteiger partial charge in [0.1, 0.15) is 11.7 Å². The summed E-state index contributed by atoms with van der Waals surface area (Å²) in [6, 6.07) is 7.32. The Hall–Kier alpha value is -2.29. The lowest BCUT2D eigenvalue weighted by Crippen LogP contribution is -2.37. The number of alkyl halides is 2. The zero-order valence-electron chi connectivity index (χ0n) is 13.7. The van der Waals surface area contributed by atoms with E-state index in [9.17, 15) is 18.4 Å². The van der Waals surface area contributed by atoms with Crippen LogP contribution < -0.4 is 10.2 Å². The first kappa shape index (κ1) is 18.5. The Kier molecular flexibility index (Phi) is 5.65. The largest absolute Gasteiger partial charge is 0.355 e. The predicted molar refractivity (Wildman–Crippen MR) is 94.8 cm³/mol. The number of amides is 2. The summed E-state index contributed by atoms with van der Waals surface area (Å²) in [5, 5.41) is 2.65. The summed E-state index contributed by atoms with van der Waals surface area (Å²) < 4.78 is 27.1. The van der Waals surface area contributed by atoms with E-state index in [1.165, 1.54) is 12.4 Å². The summed E-state index contributed by atoms with van der Waals surface area (Å²) in [6.45, 7) is -2.08. The van der Waals surface area contributed by atoms with Crippen LogP contribution in [-0.2, 0) is 16.0 Å². The standard InChI is InChI=1S/C17H17BrF2N4O2/c18-12-3-1-2-4-13(12)23-9-6-11(16(23)26)15(25)22-7-5-14-21-8-10-24(14)17(19)20/h1-4,8,10-11,17H,5-7,9H2,(H,22,25). The van der Waals surface area contributed by atoms with Crippen molar-refractivity contribution in [3.05, 3.63) is 47.0 Å². The summed E-state index contributed by atoms with van der Waals surface area (Å²) in [5.41, 5.74) is 0.728. The van der Waals surface area contributed by atoms with Crippen molar-refractivity contribution >= 4 is 33.4 Å². The van der Waals surface area contributed by atoms with E-state index in [0.29, 0.717) is 13.0 Å². The quantitative estimate of drug-likeness (QED) is 0.722. The highest BCUT2D eigenvalue weighted by atomic mass is 79.9. The van der Waals surface area contributed by atoms with E-state index < -0.39 is 12.5 Å². The number of carbonyl (C=O) groups excluding carboxylic acids is 2. The van der Waals surface area contributed by atoms with Crippen LogP contribution in [0.2, 0.25) is 0 Å². The lowest BCUT2D eigenvalue weighted by molar-refractivity contribution is -0.132. The van der Waals surface area contributed by atoms with E-state index in [1.807, 2.05) is 24.3 Å². The monoisotopic (exact) mass is 426 g/mol. The molecule has 26 heavy (non-hydrogen) atoms. The van der Waals surface area contributed by atoms with Crippen molar-refractivity contribution in [3.63, 3.8) is 0 Å². The van der Waals surface area contributed by atoms with Crippen molar-refractivity contribution in [2.45, 2.75) is 19.4 Å². The molecule has 1 aromatic heterocycles. The zero-order chi connectivity index (χ0) is 18.7. The number of aromatic nitrogens is 2. The van der Waals surface area contributed by atoms with Crippen molar-refractivity contribution < 1.29 is 18.4 Å². The molecule has 1 aromatic carbocycles. The van der Waals surface area contributed by atoms with Crippen molar-refractivity contribution in [1.82, 2.24) is 14.9 Å². The van der Waals surface area contributed by atoms with Gasteiger partial charge < -0.3 is 10.2 Å². The van der Waals surface area contributed by atoms with Crippen molar-refractivity contribution in [2.24, 2.45) is 5.92 Å². The number of benzene rings is 1. The Balaban J connectivity index is 1.57. The molecule has 1 atom stereocenters. The minimum atomic E-state index is -2.67. The second kappa shape index (κ2) is 7.94. The minimum Gasteiger partial charge on any atom is -0.355 e. The molecular weight excluding hydrogens is 410 g/mol. The van der Waals surface area contributed by atoms with Crippen molar-refractivity contribution in [3.8, 4) is 0 Å². The molecule has 2 amide bonds. The Bertz CT molecular complexity index is 812. The fourth-order valence-electron chi connectivity index (χ4n) is 2.97. The fraction of sp³-hybridized carbons (Fsp3) is 0.353. The van der Waals surface area contributed by atoms with Gasteiger partial charge in [-0.3, -0.25) is 14.2 Å². The molecule has 138 valence electrons. The molecule has 0 aliphatic carbocycles. The Labute approximate surface area is 157 Å². The van der Waals surface area contributed by atoms with Gasteiger partial charge in [-0.25, -0.2) is 4.98 Å². The highest BCUT2D eigenvalue weighted by Gasteiger charge is 2.38. The van der Waals surface area contributed by atoms with Crippen LogP contribution in [0.1, 0.15) is 18.8 Å². The molecule has 1 fully saturated rings. The van der Waals surface area contributed by atoms with Crippen molar-refractivity contribution in [2.75, 3.05) is 18.0 Å². The molecule has 2 heterocycles. The first-order valence-corrected chi connectivity index (χ1v) is 8.92. The summed E-state index contributed by atoms with van der Waals surface area (Å²) in [4.78, 5) is 30.3. The number of para-hydroxylation sites is 1. The molecular formula is C17H17BrF2N4O2. The number of anilines is 1. The van der Waals surface area contributed by atoms with Gasteiger partial charge in [-0.15, -0.1) is 0 Å². The van der Waals surface area contributed by atoms with Gasteiger partial charge in [0, 0.05) is 36.4 Å². The first-order valence-electron chi connectivity index (χ1n) is 8.12. The summed E-state index contributed by atoms with van der Waals surface area (Å²) in [6.07, 6.45) is 3.06. The number of nitrogens with one attached hydrogen (secondary N) is 1. The number of carbonyl (C=O) groups is 2. The number of hydrogen-bond donors (Lipinski definition) is 1. The van der Waals surface area contributed by atoms with Gasteiger partial charge in [-0.05, 0) is 34.5 Å². The molecule has 1 saturated heterocycles. The van der Waals surface area contributed by atoms with Gasteiger partial charge in [-0.2, -0.15) is 8.78 Å². The Morgan fingerprint density at radius 3 is 2.88 bits per heavy atom. The van der Waals surface area contributed by atoms with Crippen LogP contribution in [-0.4, -0.2) is 34.5 Å². The zero-order valence-corrected chi connectivity index (χ0v) is 15.3. The fourth-order valence-corrected chi connectivity index (χ4v) is 3.47. The third-order valence-corrected chi connectivity index (χ3v) is 4.94. The second-order valence-corrected chi connectivity index (χ2v) is 6.71. The van der Waals surface area contributed by atoms with Gasteiger partial charge in [-0.1, -0.05) is 12.1 Å². The van der Waals surface area contributed by atoms with Crippen LogP contribution in [0.3, 0.4) is 0 Å². The van der Waals surface area contributed by atoms with Gasteiger partial charge in [0.15, 0.2) is 0 Å². The number of rotatable bonds is 6. The van der Waals surface area contributed by atoms with E-state index in [4.69, 9.17) is 0 Å². The van der Waals surface area contributed by atoms with E-state index in [2.05, 4.69) is 26.2 Å². The van der Waals surface area contributed by atoms with E-state index in [1.54, 1.807) is 4.90 Å². The number of halogens is 3. The highest BCUT2D eigenvalue weighted by Crippen LogP contribution is 2.31. The Morgan fingerprint density at radius 2 is 2.15 bits per heavy atom. The average Bonchev–Trinajstić information content (AvgIpc) is 3.22. The highest BCUT2D eigenvalue weighted by molar-refractivity contribution is 9.10. The van der Waals surface area contributed by atoms with E-state index >= 15 is 0 Å². The van der Waals surface area contributed by atoms with Gasteiger partial charge in [0.2, 0.25) is 11.8 Å². The summed E-state index contributed by atoms with van der Waals surface area (Å²) in [7, 11) is 0. The van der Waals surface area contributed by atoms with Gasteiger partial charge in [0.25, 0.3) is 0 Å². The van der Waals surface area contributed by atoms with Crippen LogP contribution >= 0.6 is 15.9 Å². The van der Waals surface area contributed by atoms with Gasteiger partial charge >= 0.3 is 6.55 Å². The molecule has 1 unspecified atom stereocenters. The van der Waals surface area contributed by atoms with Gasteiger partial charge in [0.05, 0.1) is 5.69 Å². The molecule has 3 rings (SSSR count). The topological polar surface area (TPSA) is 67.2 Å². The smallest absolute Gasteiger partial charge is 0.319 e. The summed E-state index contributed by atoms with van der Waals surface area (Å²) >= 11 is 3.41. The van der Waals surface area contributed by atoms with Crippen LogP contribution in [0.25, 0.3) is 0 Å². The molecule has 9 heteroatoms. The number of hydrogen-bond acceptors (Lipinski definition) is 3. The van der Waals surface area contributed by atoms with Crippen molar-refractivity contribution in [1.29, 1.82) is 0 Å². The average molecular weight is 427 g/mol. The molecule has 1 N–H and O–H groups in total. The van der Waals surface area contributed by atoms with Crippen LogP contribution in [0.15, 0.2) is 41.1 Å². The third-order valence-electron chi connectivity index (χ3n) is 4.27. The molecule has 0 spiro atoms. The van der Waals surface area contributed by atoms with E-state index in [-0.39, 0.29) is 30.6 Å². The Morgan fingerprint density at radius 1 is 1.38 bits per heavy atom. The molecule has 0 bridgehead atoms. The predicted octanol–water partition coefficient (Wildman–Crippen LogP) is 2.75. The summed E-state index contributed by atoms with van der Waals surface area (Å²) in [5.74, 6) is -1.23. The lowest BCUT2D eigenvalue weighted by Gasteiger charge is -2.18.